The number of carbonyl (C=O) groups excluding carboxylic acids is 2. The maximum Gasteiger partial charge on any atom is 0.328 e. The molecule has 0 bridgehead atoms. The van der Waals surface area contributed by atoms with Crippen molar-refractivity contribution in [1.29, 1.82) is 0 Å². The second-order valence-corrected chi connectivity index (χ2v) is 6.91. The molecule has 0 unspecified atom stereocenters. The van der Waals surface area contributed by atoms with Crippen LogP contribution in [-0.4, -0.2) is 29.6 Å². The fourth-order valence-corrected chi connectivity index (χ4v) is 2.68. The molecule has 0 spiro atoms. The van der Waals surface area contributed by atoms with Crippen LogP contribution in [0, 0.1) is 5.41 Å². The summed E-state index contributed by atoms with van der Waals surface area (Å²) in [7, 11) is 1.20. The summed E-state index contributed by atoms with van der Waals surface area (Å²) in [5.41, 5.74) is -0.263. The molecule has 5 nitrogen and oxygen atoms in total. The largest absolute Gasteiger partial charge is 0.467 e. The van der Waals surface area contributed by atoms with E-state index in [9.17, 15) is 9.59 Å². The molecule has 1 aromatic heterocycles. The number of esters is 1. The molecule has 1 heterocycles. The highest BCUT2D eigenvalue weighted by Gasteiger charge is 2.34. The van der Waals surface area contributed by atoms with E-state index < -0.39 is 55.8 Å². The van der Waals surface area contributed by atoms with E-state index in [1.165, 1.54) is 17.9 Å². The van der Waals surface area contributed by atoms with Crippen LogP contribution in [0.2, 0.25) is 0 Å². The average molecular weight is 368 g/mol. The second kappa shape index (κ2) is 8.39. The molecule has 1 aromatic carbocycles. The number of benzene rings is 1. The van der Waals surface area contributed by atoms with Crippen molar-refractivity contribution >= 4 is 22.8 Å². The van der Waals surface area contributed by atoms with Gasteiger partial charge in [0, 0.05) is 36.0 Å². The number of aromatic nitrogens is 1. The number of ether oxygens (including phenoxy) is 1. The van der Waals surface area contributed by atoms with E-state index in [0.29, 0.717) is 10.9 Å². The van der Waals surface area contributed by atoms with Crippen molar-refractivity contribution in [3.05, 3.63) is 36.0 Å². The van der Waals surface area contributed by atoms with Crippen LogP contribution in [-0.2, 0) is 16.1 Å². The minimum atomic E-state index is -3.49. The number of rotatable bonds is 7. The SMILES string of the molecule is [2H]C([2H])([2H])C([2H])([2H])C([2H])([2H])C([2H])([2H])Cn1cc(C(=O)N[C@H](C(=O)OC)C(C)(C)C)c2ccccc21. The molecule has 0 aliphatic heterocycles. The van der Waals surface area contributed by atoms with Gasteiger partial charge in [-0.05, 0) is 17.9 Å². The summed E-state index contributed by atoms with van der Waals surface area (Å²) < 4.78 is 76.5. The van der Waals surface area contributed by atoms with Gasteiger partial charge in [0.05, 0.1) is 12.7 Å². The summed E-state index contributed by atoms with van der Waals surface area (Å²) in [6.45, 7) is 1.04. The molecule has 0 radical (unpaired) electrons. The van der Waals surface area contributed by atoms with Gasteiger partial charge in [0.1, 0.15) is 6.04 Å². The summed E-state index contributed by atoms with van der Waals surface area (Å²) in [6, 6.07) is 5.44. The summed E-state index contributed by atoms with van der Waals surface area (Å²) in [4.78, 5) is 25.4. The van der Waals surface area contributed by atoms with Crippen molar-refractivity contribution in [3.8, 4) is 0 Å². The van der Waals surface area contributed by atoms with Gasteiger partial charge in [-0.1, -0.05) is 58.6 Å². The third kappa shape index (κ3) is 4.45. The third-order valence-electron chi connectivity index (χ3n) is 4.01. The van der Waals surface area contributed by atoms with E-state index in [0.717, 1.165) is 0 Å². The van der Waals surface area contributed by atoms with Crippen LogP contribution in [0.1, 0.15) is 69.4 Å². The van der Waals surface area contributed by atoms with Gasteiger partial charge in [0.2, 0.25) is 0 Å². The highest BCUT2D eigenvalue weighted by molar-refractivity contribution is 6.08. The lowest BCUT2D eigenvalue weighted by Crippen LogP contribution is -2.49. The quantitative estimate of drug-likeness (QED) is 0.748. The Morgan fingerprint density at radius 2 is 2.04 bits per heavy atom. The molecule has 0 aliphatic carbocycles. The molecule has 1 atom stereocenters. The zero-order chi connectivity index (χ0) is 27.2. The number of nitrogens with zero attached hydrogens (tertiary/aromatic N) is 1. The Morgan fingerprint density at radius 3 is 2.69 bits per heavy atom. The first-order valence-electron chi connectivity index (χ1n) is 12.7. The zero-order valence-electron chi connectivity index (χ0n) is 24.3. The molecular weight excluding hydrogens is 328 g/mol. The number of nitrogens with one attached hydrogen (secondary N) is 1. The smallest absolute Gasteiger partial charge is 0.328 e. The van der Waals surface area contributed by atoms with Crippen LogP contribution in [0.25, 0.3) is 10.9 Å². The van der Waals surface area contributed by atoms with Gasteiger partial charge in [0.25, 0.3) is 5.91 Å². The van der Waals surface area contributed by atoms with Crippen LogP contribution < -0.4 is 5.32 Å². The lowest BCUT2D eigenvalue weighted by Gasteiger charge is -2.28. The lowest BCUT2D eigenvalue weighted by atomic mass is 9.86. The number of para-hydroxylation sites is 1. The van der Waals surface area contributed by atoms with Crippen LogP contribution >= 0.6 is 0 Å². The first-order valence-corrected chi connectivity index (χ1v) is 8.15. The summed E-state index contributed by atoms with van der Waals surface area (Å²) in [5.74, 6) is -1.29. The number of aryl methyl sites for hydroxylation is 1. The molecule has 2 rings (SSSR count). The fraction of sp³-hybridized carbons (Fsp3) is 0.524. The van der Waals surface area contributed by atoms with Gasteiger partial charge >= 0.3 is 5.97 Å². The van der Waals surface area contributed by atoms with E-state index in [1.807, 2.05) is 0 Å². The predicted molar refractivity (Wildman–Crippen MR) is 104 cm³/mol. The predicted octanol–water partition coefficient (Wildman–Crippen LogP) is 4.15. The van der Waals surface area contributed by atoms with Crippen LogP contribution in [0.3, 0.4) is 0 Å². The molecule has 0 aliphatic rings. The van der Waals surface area contributed by atoms with E-state index in [2.05, 4.69) is 5.32 Å². The number of carbonyl (C=O) groups is 2. The van der Waals surface area contributed by atoms with Gasteiger partial charge < -0.3 is 14.6 Å². The molecule has 26 heavy (non-hydrogen) atoms. The molecule has 0 saturated heterocycles. The first kappa shape index (κ1) is 10.8. The summed E-state index contributed by atoms with van der Waals surface area (Å²) >= 11 is 0. The number of methoxy groups -OCH3 is 1. The number of fused-ring (bicyclic) bond motifs is 1. The second-order valence-electron chi connectivity index (χ2n) is 6.91. The standard InChI is InChI=1S/C21H30N2O3/c1-6-7-10-13-23-14-16(15-11-8-9-12-17(15)23)19(24)22-18(20(25)26-5)21(2,3)4/h8-9,11-12,14,18H,6-7,10,13H2,1-5H3,(H,22,24)/t18-/m1/s1/i1D3,6D2,7D2,10D2. The van der Waals surface area contributed by atoms with E-state index in [4.69, 9.17) is 17.1 Å². The van der Waals surface area contributed by atoms with Gasteiger partial charge in [-0.3, -0.25) is 4.79 Å². The van der Waals surface area contributed by atoms with E-state index in [1.54, 1.807) is 45.0 Å². The van der Waals surface area contributed by atoms with Crippen LogP contribution in [0.4, 0.5) is 0 Å². The first-order chi connectivity index (χ1) is 15.7. The highest BCUT2D eigenvalue weighted by Crippen LogP contribution is 2.24. The van der Waals surface area contributed by atoms with E-state index in [-0.39, 0.29) is 5.56 Å². The van der Waals surface area contributed by atoms with Gasteiger partial charge in [-0.25, -0.2) is 4.79 Å². The summed E-state index contributed by atoms with van der Waals surface area (Å²) in [6.07, 6.45) is -8.62. The number of hydrogen-bond donors (Lipinski definition) is 1. The molecule has 1 N–H and O–H groups in total. The average Bonchev–Trinajstić information content (AvgIpc) is 3.07. The minimum Gasteiger partial charge on any atom is -0.467 e. The van der Waals surface area contributed by atoms with Crippen LogP contribution in [0.15, 0.2) is 30.5 Å². The Labute approximate surface area is 168 Å². The molecule has 1 amide bonds. The highest BCUT2D eigenvalue weighted by atomic mass is 16.5. The topological polar surface area (TPSA) is 60.3 Å². The zero-order valence-corrected chi connectivity index (χ0v) is 15.3. The van der Waals surface area contributed by atoms with Gasteiger partial charge in [-0.2, -0.15) is 0 Å². The van der Waals surface area contributed by atoms with Crippen molar-refractivity contribution < 1.29 is 26.7 Å². The maximum atomic E-state index is 13.2. The molecular formula is C21H30N2O3. The van der Waals surface area contributed by atoms with Gasteiger partial charge in [0.15, 0.2) is 0 Å². The fourth-order valence-electron chi connectivity index (χ4n) is 2.68. The van der Waals surface area contributed by atoms with Gasteiger partial charge in [-0.15, -0.1) is 0 Å². The lowest BCUT2D eigenvalue weighted by molar-refractivity contribution is -0.145. The molecule has 142 valence electrons. The summed E-state index contributed by atoms with van der Waals surface area (Å²) in [5, 5.41) is 3.02. The Morgan fingerprint density at radius 1 is 1.31 bits per heavy atom. The minimum absolute atomic E-state index is 0.0777. The van der Waals surface area contributed by atoms with Crippen molar-refractivity contribution in [1.82, 2.24) is 9.88 Å². The van der Waals surface area contributed by atoms with Crippen LogP contribution in [0.5, 0.6) is 0 Å². The van der Waals surface area contributed by atoms with Crippen molar-refractivity contribution in [2.75, 3.05) is 7.11 Å². The number of amides is 1. The third-order valence-corrected chi connectivity index (χ3v) is 4.01. The maximum absolute atomic E-state index is 13.2. The Kier molecular flexibility index (Phi) is 3.47. The van der Waals surface area contributed by atoms with Crippen molar-refractivity contribution in [2.45, 2.75) is 59.3 Å². The molecule has 5 heteroatoms. The van der Waals surface area contributed by atoms with Crippen molar-refractivity contribution in [3.63, 3.8) is 0 Å². The number of hydrogen-bond acceptors (Lipinski definition) is 3. The Hall–Kier alpha value is -2.30. The van der Waals surface area contributed by atoms with Crippen molar-refractivity contribution in [2.24, 2.45) is 5.41 Å². The van der Waals surface area contributed by atoms with E-state index >= 15 is 0 Å². The monoisotopic (exact) mass is 367 g/mol. The molecule has 0 saturated carbocycles. The molecule has 2 aromatic rings. The normalized spacial score (nSPS) is 20.1. The molecule has 0 fully saturated rings. The Bertz CT molecular complexity index is 1100. The Balaban J connectivity index is 2.53.